The molecule has 14 heteroatoms. The van der Waals surface area contributed by atoms with Crippen molar-refractivity contribution in [2.75, 3.05) is 74.7 Å². The standard InChI is InChI=1S/C23H32F3N9O2/c1-22(3-4-22)13-37-12-16(27)18-19(30-8-11-36-14-23(24,25)26)20(32-17-2-5-29-15-31-17)34-21(33-18)35-9-6-28-7-10-35/h2,5,15,27-28,30H,3-4,6-14H2,1H3,(H,29,31,32,33,34). The second-order valence-corrected chi connectivity index (χ2v) is 9.43. The molecule has 0 radical (unpaired) electrons. The van der Waals surface area contributed by atoms with E-state index < -0.39 is 12.8 Å². The Morgan fingerprint density at radius 2 is 2.00 bits per heavy atom. The molecule has 0 atom stereocenters. The minimum Gasteiger partial charge on any atom is -0.378 e. The van der Waals surface area contributed by atoms with Crippen LogP contribution < -0.4 is 20.9 Å². The molecule has 2 aliphatic rings. The van der Waals surface area contributed by atoms with Crippen molar-refractivity contribution in [3.05, 3.63) is 24.3 Å². The van der Waals surface area contributed by atoms with Gasteiger partial charge in [-0.05, 0) is 24.3 Å². The lowest BCUT2D eigenvalue weighted by atomic mass is 10.1. The fraction of sp³-hybridized carbons (Fsp3) is 0.609. The predicted octanol–water partition coefficient (Wildman–Crippen LogP) is 2.60. The van der Waals surface area contributed by atoms with Crippen LogP contribution in [0.2, 0.25) is 0 Å². The first kappa shape index (κ1) is 26.9. The lowest BCUT2D eigenvalue weighted by molar-refractivity contribution is -0.172. The maximum atomic E-state index is 12.5. The van der Waals surface area contributed by atoms with Crippen molar-refractivity contribution < 1.29 is 22.6 Å². The molecule has 1 aliphatic heterocycles. The first-order chi connectivity index (χ1) is 17.7. The number of aromatic nitrogens is 4. The topological polar surface area (TPSA) is 133 Å². The van der Waals surface area contributed by atoms with Gasteiger partial charge in [0.2, 0.25) is 5.95 Å². The van der Waals surface area contributed by atoms with E-state index in [1.807, 2.05) is 4.90 Å². The zero-order valence-electron chi connectivity index (χ0n) is 20.7. The first-order valence-corrected chi connectivity index (χ1v) is 12.2. The van der Waals surface area contributed by atoms with Crippen LogP contribution in [0.5, 0.6) is 0 Å². The minimum absolute atomic E-state index is 0.0415. The van der Waals surface area contributed by atoms with E-state index in [0.717, 1.165) is 25.9 Å². The average Bonchev–Trinajstić information content (AvgIpc) is 3.61. The Kier molecular flexibility index (Phi) is 8.71. The number of ether oxygens (including phenoxy) is 2. The van der Waals surface area contributed by atoms with Crippen molar-refractivity contribution >= 4 is 29.0 Å². The number of nitrogens with zero attached hydrogens (tertiary/aromatic N) is 5. The molecule has 37 heavy (non-hydrogen) atoms. The molecule has 2 aromatic rings. The van der Waals surface area contributed by atoms with Crippen LogP contribution >= 0.6 is 0 Å². The smallest absolute Gasteiger partial charge is 0.378 e. The lowest BCUT2D eigenvalue weighted by Crippen LogP contribution is -2.44. The lowest BCUT2D eigenvalue weighted by Gasteiger charge is -2.29. The molecule has 11 nitrogen and oxygen atoms in total. The van der Waals surface area contributed by atoms with E-state index in [2.05, 4.69) is 32.8 Å². The molecule has 0 aromatic carbocycles. The van der Waals surface area contributed by atoms with Crippen LogP contribution in [0.25, 0.3) is 0 Å². The number of hydrogen-bond acceptors (Lipinski definition) is 11. The molecule has 0 amide bonds. The van der Waals surface area contributed by atoms with Gasteiger partial charge < -0.3 is 35.7 Å². The third-order valence-electron chi connectivity index (χ3n) is 6.03. The average molecular weight is 524 g/mol. The van der Waals surface area contributed by atoms with Crippen molar-refractivity contribution in [1.82, 2.24) is 25.3 Å². The summed E-state index contributed by atoms with van der Waals surface area (Å²) in [6, 6.07) is 1.66. The summed E-state index contributed by atoms with van der Waals surface area (Å²) >= 11 is 0. The van der Waals surface area contributed by atoms with Crippen LogP contribution in [0.4, 0.5) is 36.4 Å². The van der Waals surface area contributed by atoms with Gasteiger partial charge in [0.1, 0.15) is 30.1 Å². The van der Waals surface area contributed by atoms with Gasteiger partial charge in [-0.3, -0.25) is 0 Å². The highest BCUT2D eigenvalue weighted by atomic mass is 19.4. The van der Waals surface area contributed by atoms with Gasteiger partial charge in [-0.1, -0.05) is 6.92 Å². The van der Waals surface area contributed by atoms with Crippen LogP contribution in [0.3, 0.4) is 0 Å². The molecule has 0 spiro atoms. The molecule has 0 unspecified atom stereocenters. The molecule has 202 valence electrons. The van der Waals surface area contributed by atoms with E-state index in [4.69, 9.17) is 24.9 Å². The molecule has 1 saturated heterocycles. The van der Waals surface area contributed by atoms with E-state index in [0.29, 0.717) is 48.7 Å². The van der Waals surface area contributed by atoms with Crippen LogP contribution in [0.15, 0.2) is 18.6 Å². The van der Waals surface area contributed by atoms with Gasteiger partial charge in [-0.25, -0.2) is 15.0 Å². The molecule has 4 rings (SSSR count). The van der Waals surface area contributed by atoms with Crippen molar-refractivity contribution in [2.24, 2.45) is 5.41 Å². The van der Waals surface area contributed by atoms with Gasteiger partial charge in [0.15, 0.2) is 5.82 Å². The Balaban J connectivity index is 1.60. The van der Waals surface area contributed by atoms with E-state index in [1.165, 1.54) is 6.33 Å². The fourth-order valence-corrected chi connectivity index (χ4v) is 3.68. The van der Waals surface area contributed by atoms with E-state index in [-0.39, 0.29) is 30.9 Å². The number of rotatable bonds is 13. The summed E-state index contributed by atoms with van der Waals surface area (Å²) in [7, 11) is 0. The van der Waals surface area contributed by atoms with Crippen molar-refractivity contribution in [3.63, 3.8) is 0 Å². The number of alkyl halides is 3. The number of anilines is 4. The molecule has 0 bridgehead atoms. The van der Waals surface area contributed by atoms with Gasteiger partial charge in [0.25, 0.3) is 0 Å². The van der Waals surface area contributed by atoms with Crippen molar-refractivity contribution in [3.8, 4) is 0 Å². The highest BCUT2D eigenvalue weighted by molar-refractivity contribution is 6.04. The zero-order valence-corrected chi connectivity index (χ0v) is 20.7. The summed E-state index contributed by atoms with van der Waals surface area (Å²) in [4.78, 5) is 19.5. The molecular formula is C23H32F3N9O2. The highest BCUT2D eigenvalue weighted by Gasteiger charge is 2.37. The molecule has 4 N–H and O–H groups in total. The first-order valence-electron chi connectivity index (χ1n) is 12.2. The number of piperazine rings is 1. The summed E-state index contributed by atoms with van der Waals surface area (Å²) in [6.45, 7) is 4.14. The molecule has 3 heterocycles. The Labute approximate surface area is 213 Å². The molecule has 2 fully saturated rings. The van der Waals surface area contributed by atoms with Gasteiger partial charge in [0.05, 0.1) is 25.5 Å². The molecule has 1 saturated carbocycles. The maximum Gasteiger partial charge on any atom is 0.411 e. The zero-order chi connectivity index (χ0) is 26.3. The van der Waals surface area contributed by atoms with Crippen LogP contribution in [-0.4, -0.2) is 91.0 Å². The Hall–Kier alpha value is -3.10. The van der Waals surface area contributed by atoms with Gasteiger partial charge in [-0.15, -0.1) is 0 Å². The SMILES string of the molecule is CC1(COCC(=N)c2nc(N3CCNCC3)nc(Nc3ccncn3)c2NCCOCC(F)(F)F)CC1. The molecule has 1 aliphatic carbocycles. The second kappa shape index (κ2) is 12.0. The highest BCUT2D eigenvalue weighted by Crippen LogP contribution is 2.45. The van der Waals surface area contributed by atoms with Crippen molar-refractivity contribution in [2.45, 2.75) is 25.9 Å². The van der Waals surface area contributed by atoms with E-state index >= 15 is 0 Å². The third kappa shape index (κ3) is 8.20. The number of halogens is 3. The Bertz CT molecular complexity index is 1050. The van der Waals surface area contributed by atoms with Crippen LogP contribution in [0.1, 0.15) is 25.5 Å². The third-order valence-corrected chi connectivity index (χ3v) is 6.03. The summed E-state index contributed by atoms with van der Waals surface area (Å²) in [5, 5.41) is 18.3. The largest absolute Gasteiger partial charge is 0.411 e. The normalized spacial score (nSPS) is 16.9. The van der Waals surface area contributed by atoms with Gasteiger partial charge in [-0.2, -0.15) is 18.2 Å². The fourth-order valence-electron chi connectivity index (χ4n) is 3.68. The minimum atomic E-state index is -4.41. The van der Waals surface area contributed by atoms with E-state index in [9.17, 15) is 13.2 Å². The molecular weight excluding hydrogens is 491 g/mol. The summed E-state index contributed by atoms with van der Waals surface area (Å²) < 4.78 is 48.0. The summed E-state index contributed by atoms with van der Waals surface area (Å²) in [6.07, 6.45) is 0.739. The van der Waals surface area contributed by atoms with Gasteiger partial charge in [0, 0.05) is 38.9 Å². The number of nitrogens with one attached hydrogen (secondary N) is 4. The summed E-state index contributed by atoms with van der Waals surface area (Å²) in [5.41, 5.74) is 0.956. The Morgan fingerprint density at radius 1 is 1.22 bits per heavy atom. The summed E-state index contributed by atoms with van der Waals surface area (Å²) in [5.74, 6) is 1.24. The van der Waals surface area contributed by atoms with E-state index in [1.54, 1.807) is 12.3 Å². The second-order valence-electron chi connectivity index (χ2n) is 9.43. The quantitative estimate of drug-likeness (QED) is 0.229. The van der Waals surface area contributed by atoms with Crippen LogP contribution in [0, 0.1) is 10.8 Å². The monoisotopic (exact) mass is 523 g/mol. The molecule has 2 aromatic heterocycles. The number of hydrogen-bond donors (Lipinski definition) is 4. The van der Waals surface area contributed by atoms with Gasteiger partial charge >= 0.3 is 6.18 Å². The maximum absolute atomic E-state index is 12.5. The predicted molar refractivity (Wildman–Crippen MR) is 133 cm³/mol. The Morgan fingerprint density at radius 3 is 2.68 bits per heavy atom. The van der Waals surface area contributed by atoms with Crippen LogP contribution in [-0.2, 0) is 9.47 Å². The van der Waals surface area contributed by atoms with Crippen molar-refractivity contribution in [1.29, 1.82) is 5.41 Å².